The lowest BCUT2D eigenvalue weighted by Gasteiger charge is -1.89. The molecule has 0 aliphatic carbocycles. The van der Waals surface area contributed by atoms with Crippen LogP contribution in [0.3, 0.4) is 0 Å². The van der Waals surface area contributed by atoms with Crippen LogP contribution >= 0.6 is 22.7 Å². The Morgan fingerprint density at radius 2 is 2.13 bits per heavy atom. The molecule has 76 valence electrons. The van der Waals surface area contributed by atoms with E-state index >= 15 is 0 Å². The van der Waals surface area contributed by atoms with Crippen molar-refractivity contribution in [3.05, 3.63) is 50.4 Å². The van der Waals surface area contributed by atoms with Crippen LogP contribution in [-0.2, 0) is 0 Å². The molecule has 0 aliphatic rings. The monoisotopic (exact) mass is 234 g/mol. The fourth-order valence-electron chi connectivity index (χ4n) is 1.21. The summed E-state index contributed by atoms with van der Waals surface area (Å²) in [6.07, 6.45) is 3.53. The molecule has 0 aliphatic heterocycles. The average Bonchev–Trinajstić information content (AvgIpc) is 2.85. The van der Waals surface area contributed by atoms with Gasteiger partial charge >= 0.3 is 0 Å². The number of hydrogen-bond donors (Lipinski definition) is 0. The molecule has 0 atom stereocenters. The van der Waals surface area contributed by atoms with Gasteiger partial charge in [-0.05, 0) is 47.5 Å². The number of aryl methyl sites for hydroxylation is 1. The van der Waals surface area contributed by atoms with Crippen molar-refractivity contribution in [2.24, 2.45) is 0 Å². The van der Waals surface area contributed by atoms with E-state index in [9.17, 15) is 4.79 Å². The van der Waals surface area contributed by atoms with Crippen molar-refractivity contribution in [3.63, 3.8) is 0 Å². The van der Waals surface area contributed by atoms with Crippen LogP contribution in [-0.4, -0.2) is 5.78 Å². The molecule has 0 radical (unpaired) electrons. The van der Waals surface area contributed by atoms with Crippen LogP contribution in [0.1, 0.15) is 20.1 Å². The highest BCUT2D eigenvalue weighted by Crippen LogP contribution is 2.18. The Morgan fingerprint density at radius 1 is 1.27 bits per heavy atom. The van der Waals surface area contributed by atoms with Gasteiger partial charge in [0.15, 0.2) is 5.78 Å². The second-order valence-electron chi connectivity index (χ2n) is 3.14. The molecule has 2 aromatic rings. The molecule has 0 amide bonds. The maximum absolute atomic E-state index is 11.6. The maximum atomic E-state index is 11.6. The molecule has 0 fully saturated rings. The van der Waals surface area contributed by atoms with Crippen LogP contribution in [0.4, 0.5) is 0 Å². The van der Waals surface area contributed by atoms with E-state index in [-0.39, 0.29) is 5.78 Å². The molecule has 2 heterocycles. The maximum Gasteiger partial charge on any atom is 0.195 e. The molecule has 1 nitrogen and oxygen atoms in total. The Kier molecular flexibility index (Phi) is 3.14. The van der Waals surface area contributed by atoms with E-state index in [1.807, 2.05) is 35.9 Å². The molecule has 0 N–H and O–H groups in total. The van der Waals surface area contributed by atoms with Gasteiger partial charge in [0.25, 0.3) is 0 Å². The van der Waals surface area contributed by atoms with E-state index < -0.39 is 0 Å². The lowest BCUT2D eigenvalue weighted by Crippen LogP contribution is -1.88. The first-order chi connectivity index (χ1) is 7.27. The van der Waals surface area contributed by atoms with E-state index in [1.165, 1.54) is 16.9 Å². The fraction of sp³-hybridized carbons (Fsp3) is 0.0833. The smallest absolute Gasteiger partial charge is 0.195 e. The molecule has 0 unspecified atom stereocenters. The zero-order valence-electron chi connectivity index (χ0n) is 8.27. The predicted octanol–water partition coefficient (Wildman–Crippen LogP) is 4.01. The molecule has 0 saturated heterocycles. The molecular formula is C12H10OS2. The van der Waals surface area contributed by atoms with Crippen molar-refractivity contribution in [1.82, 2.24) is 0 Å². The number of thiophene rings is 2. The minimum absolute atomic E-state index is 0.0813. The fourth-order valence-corrected chi connectivity index (χ4v) is 2.67. The standard InChI is InChI=1S/C12H10OS2/c1-9-6-8-15-11(9)5-4-10(13)12-3-2-7-14-12/h2-8H,1H3. The number of rotatable bonds is 3. The van der Waals surface area contributed by atoms with Crippen LogP contribution in [0, 0.1) is 6.92 Å². The highest BCUT2D eigenvalue weighted by atomic mass is 32.1. The van der Waals surface area contributed by atoms with E-state index in [0.717, 1.165) is 9.75 Å². The van der Waals surface area contributed by atoms with Crippen molar-refractivity contribution >= 4 is 34.5 Å². The van der Waals surface area contributed by atoms with Gasteiger partial charge in [-0.2, -0.15) is 0 Å². The van der Waals surface area contributed by atoms with Gasteiger partial charge in [0.1, 0.15) is 0 Å². The molecule has 0 spiro atoms. The minimum atomic E-state index is 0.0813. The van der Waals surface area contributed by atoms with Crippen LogP contribution in [0.15, 0.2) is 35.0 Å². The molecule has 0 bridgehead atoms. The second kappa shape index (κ2) is 4.55. The summed E-state index contributed by atoms with van der Waals surface area (Å²) in [7, 11) is 0. The van der Waals surface area contributed by atoms with Crippen molar-refractivity contribution < 1.29 is 4.79 Å². The zero-order valence-corrected chi connectivity index (χ0v) is 9.90. The highest BCUT2D eigenvalue weighted by molar-refractivity contribution is 7.12. The SMILES string of the molecule is Cc1ccsc1C=CC(=O)c1cccs1. The first kappa shape index (κ1) is 10.3. The molecule has 0 aromatic carbocycles. The summed E-state index contributed by atoms with van der Waals surface area (Å²) in [4.78, 5) is 13.6. The summed E-state index contributed by atoms with van der Waals surface area (Å²) in [5, 5.41) is 3.95. The number of allylic oxidation sites excluding steroid dienone is 1. The molecular weight excluding hydrogens is 224 g/mol. The quantitative estimate of drug-likeness (QED) is 0.579. The number of ketones is 1. The zero-order chi connectivity index (χ0) is 10.7. The largest absolute Gasteiger partial charge is 0.288 e. The van der Waals surface area contributed by atoms with Crippen molar-refractivity contribution in [2.45, 2.75) is 6.92 Å². The highest BCUT2D eigenvalue weighted by Gasteiger charge is 2.02. The number of carbonyl (C=O) groups is 1. The van der Waals surface area contributed by atoms with Crippen LogP contribution in [0.2, 0.25) is 0 Å². The summed E-state index contributed by atoms with van der Waals surface area (Å²) >= 11 is 3.13. The first-order valence-electron chi connectivity index (χ1n) is 4.57. The average molecular weight is 234 g/mol. The van der Waals surface area contributed by atoms with Gasteiger partial charge in [0, 0.05) is 4.88 Å². The molecule has 3 heteroatoms. The Morgan fingerprint density at radius 3 is 2.73 bits per heavy atom. The summed E-state index contributed by atoms with van der Waals surface area (Å²) < 4.78 is 0. The Hall–Kier alpha value is -1.19. The predicted molar refractivity (Wildman–Crippen MR) is 66.7 cm³/mol. The summed E-state index contributed by atoms with van der Waals surface area (Å²) in [5.74, 6) is 0.0813. The summed E-state index contributed by atoms with van der Waals surface area (Å²) in [5.41, 5.74) is 1.22. The van der Waals surface area contributed by atoms with Gasteiger partial charge in [-0.1, -0.05) is 6.07 Å². The van der Waals surface area contributed by atoms with Gasteiger partial charge < -0.3 is 0 Å². The lowest BCUT2D eigenvalue weighted by molar-refractivity contribution is 0.105. The van der Waals surface area contributed by atoms with Gasteiger partial charge in [0.05, 0.1) is 4.88 Å². The third-order valence-corrected chi connectivity index (χ3v) is 3.92. The van der Waals surface area contributed by atoms with E-state index in [4.69, 9.17) is 0 Å². The van der Waals surface area contributed by atoms with E-state index in [2.05, 4.69) is 6.07 Å². The normalized spacial score (nSPS) is 11.0. The van der Waals surface area contributed by atoms with E-state index in [0.29, 0.717) is 0 Å². The topological polar surface area (TPSA) is 17.1 Å². The molecule has 0 saturated carbocycles. The van der Waals surface area contributed by atoms with Crippen LogP contribution < -0.4 is 0 Å². The lowest BCUT2D eigenvalue weighted by atomic mass is 10.2. The van der Waals surface area contributed by atoms with Gasteiger partial charge in [-0.15, -0.1) is 22.7 Å². The van der Waals surface area contributed by atoms with Gasteiger partial charge in [-0.3, -0.25) is 4.79 Å². The van der Waals surface area contributed by atoms with Crippen LogP contribution in [0.5, 0.6) is 0 Å². The Balaban J connectivity index is 2.13. The summed E-state index contributed by atoms with van der Waals surface area (Å²) in [6, 6.07) is 5.79. The molecule has 15 heavy (non-hydrogen) atoms. The van der Waals surface area contributed by atoms with Gasteiger partial charge in [-0.25, -0.2) is 0 Å². The minimum Gasteiger partial charge on any atom is -0.288 e. The van der Waals surface area contributed by atoms with Crippen molar-refractivity contribution in [3.8, 4) is 0 Å². The number of carbonyl (C=O) groups excluding carboxylic acids is 1. The molecule has 2 aromatic heterocycles. The molecule has 2 rings (SSSR count). The second-order valence-corrected chi connectivity index (χ2v) is 5.04. The Bertz CT molecular complexity index is 477. The van der Waals surface area contributed by atoms with Crippen molar-refractivity contribution in [1.29, 1.82) is 0 Å². The van der Waals surface area contributed by atoms with Crippen molar-refractivity contribution in [2.75, 3.05) is 0 Å². The third-order valence-electron chi connectivity index (χ3n) is 2.05. The Labute approximate surface area is 96.7 Å². The summed E-state index contributed by atoms with van der Waals surface area (Å²) in [6.45, 7) is 2.05. The van der Waals surface area contributed by atoms with Gasteiger partial charge in [0.2, 0.25) is 0 Å². The van der Waals surface area contributed by atoms with Crippen LogP contribution in [0.25, 0.3) is 6.08 Å². The first-order valence-corrected chi connectivity index (χ1v) is 6.33. The third kappa shape index (κ3) is 2.43. The number of hydrogen-bond acceptors (Lipinski definition) is 3. The van der Waals surface area contributed by atoms with E-state index in [1.54, 1.807) is 17.4 Å².